The van der Waals surface area contributed by atoms with Crippen molar-refractivity contribution in [3.63, 3.8) is 0 Å². The van der Waals surface area contributed by atoms with Crippen LogP contribution in [0.15, 0.2) is 23.0 Å². The Morgan fingerprint density at radius 3 is 2.68 bits per heavy atom. The maximum absolute atomic E-state index is 12.5. The van der Waals surface area contributed by atoms with Gasteiger partial charge in [-0.05, 0) is 31.5 Å². The number of unbranched alkanes of at least 4 members (excludes halogenated alkanes) is 1. The van der Waals surface area contributed by atoms with E-state index in [2.05, 4.69) is 0 Å². The Balaban J connectivity index is 2.74. The Morgan fingerprint density at radius 1 is 1.27 bits per heavy atom. The number of carbonyl (C=O) groups excluding carboxylic acids is 1. The zero-order valence-electron chi connectivity index (χ0n) is 12.8. The van der Waals surface area contributed by atoms with E-state index < -0.39 is 5.56 Å². The molecule has 0 aliphatic heterocycles. The largest absolute Gasteiger partial charge is 0.489 e. The fourth-order valence-corrected chi connectivity index (χ4v) is 2.34. The Bertz CT molecular complexity index is 737. The number of hydrogen-bond donors (Lipinski definition) is 1. The third-order valence-electron chi connectivity index (χ3n) is 3.43. The second-order valence-corrected chi connectivity index (χ2v) is 4.90. The summed E-state index contributed by atoms with van der Waals surface area (Å²) in [5, 5.41) is 0.698. The minimum atomic E-state index is -0.404. The fourth-order valence-electron chi connectivity index (χ4n) is 2.34. The summed E-state index contributed by atoms with van der Waals surface area (Å²) in [4.78, 5) is 23.3. The highest BCUT2D eigenvalue weighted by atomic mass is 16.5. The minimum Gasteiger partial charge on any atom is -0.489 e. The number of rotatable bonds is 7. The number of fused-ring (bicyclic) bond motifs is 1. The number of pyridine rings is 1. The highest BCUT2D eigenvalue weighted by Crippen LogP contribution is 2.33. The number of benzene rings is 1. The van der Waals surface area contributed by atoms with Gasteiger partial charge < -0.3 is 19.8 Å². The van der Waals surface area contributed by atoms with Crippen LogP contribution in [0.3, 0.4) is 0 Å². The summed E-state index contributed by atoms with van der Waals surface area (Å²) in [6, 6.07) is 5.22. The topological polar surface area (TPSA) is 83.5 Å². The normalized spacial score (nSPS) is 10.6. The van der Waals surface area contributed by atoms with E-state index in [9.17, 15) is 9.59 Å². The highest BCUT2D eigenvalue weighted by molar-refractivity contribution is 5.90. The second kappa shape index (κ2) is 6.98. The van der Waals surface area contributed by atoms with E-state index in [0.717, 1.165) is 12.8 Å². The van der Waals surface area contributed by atoms with Crippen LogP contribution in [0.5, 0.6) is 11.5 Å². The number of aromatic nitrogens is 1. The molecule has 0 radical (unpaired) electrons. The van der Waals surface area contributed by atoms with E-state index in [1.165, 1.54) is 4.57 Å². The first-order chi connectivity index (χ1) is 10.6. The summed E-state index contributed by atoms with van der Waals surface area (Å²) in [7, 11) is 0. The minimum absolute atomic E-state index is 0.0785. The van der Waals surface area contributed by atoms with Crippen LogP contribution in [-0.4, -0.2) is 17.6 Å². The van der Waals surface area contributed by atoms with Crippen LogP contribution < -0.4 is 20.8 Å². The molecule has 0 spiro atoms. The average Bonchev–Trinajstić information content (AvgIpc) is 2.50. The number of ether oxygens (including phenoxy) is 2. The number of nitrogens with zero attached hydrogens (tertiary/aromatic N) is 1. The number of hydrogen-bond acceptors (Lipinski definition) is 5. The molecule has 2 rings (SSSR count). The fraction of sp³-hybridized carbons (Fsp3) is 0.375. The van der Waals surface area contributed by atoms with Gasteiger partial charge in [0.25, 0.3) is 12.0 Å². The lowest BCUT2D eigenvalue weighted by Gasteiger charge is -2.16. The molecular formula is C16H20N2O4. The maximum atomic E-state index is 12.5. The summed E-state index contributed by atoms with van der Waals surface area (Å²) in [5.41, 5.74) is 6.64. The van der Waals surface area contributed by atoms with Crippen molar-refractivity contribution in [3.8, 4) is 11.5 Å². The Hall–Kier alpha value is -2.50. The average molecular weight is 304 g/mol. The summed E-state index contributed by atoms with van der Waals surface area (Å²) in [6.07, 6.45) is 1.80. The van der Waals surface area contributed by atoms with Gasteiger partial charge in [-0.2, -0.15) is 0 Å². The van der Waals surface area contributed by atoms with Gasteiger partial charge in [-0.1, -0.05) is 13.3 Å². The van der Waals surface area contributed by atoms with Crippen LogP contribution >= 0.6 is 0 Å². The number of nitrogen functional groups attached to an aromatic ring is 1. The summed E-state index contributed by atoms with van der Waals surface area (Å²) in [6.45, 7) is 5.00. The molecule has 1 aromatic carbocycles. The summed E-state index contributed by atoms with van der Waals surface area (Å²) >= 11 is 0. The van der Waals surface area contributed by atoms with Crippen molar-refractivity contribution in [2.75, 3.05) is 12.3 Å². The number of nitrogens with two attached hydrogens (primary N) is 1. The smallest absolute Gasteiger partial charge is 0.298 e. The van der Waals surface area contributed by atoms with Crippen LogP contribution in [0, 0.1) is 0 Å². The van der Waals surface area contributed by atoms with Gasteiger partial charge in [-0.15, -0.1) is 0 Å². The van der Waals surface area contributed by atoms with E-state index in [0.29, 0.717) is 35.5 Å². The third kappa shape index (κ3) is 2.90. The Kier molecular flexibility index (Phi) is 5.04. The van der Waals surface area contributed by atoms with Crippen molar-refractivity contribution in [2.45, 2.75) is 33.2 Å². The van der Waals surface area contributed by atoms with Gasteiger partial charge in [0.1, 0.15) is 0 Å². The molecule has 2 N–H and O–H groups in total. The molecule has 1 heterocycles. The molecule has 0 amide bonds. The first-order valence-electron chi connectivity index (χ1n) is 7.33. The molecule has 0 aliphatic rings. The number of carbonyl (C=O) groups is 1. The van der Waals surface area contributed by atoms with Crippen LogP contribution in [0.4, 0.5) is 5.69 Å². The van der Waals surface area contributed by atoms with Crippen molar-refractivity contribution in [1.82, 2.24) is 4.57 Å². The van der Waals surface area contributed by atoms with Crippen molar-refractivity contribution in [1.29, 1.82) is 0 Å². The van der Waals surface area contributed by atoms with Gasteiger partial charge in [-0.25, -0.2) is 0 Å². The Morgan fingerprint density at radius 2 is 2.05 bits per heavy atom. The van der Waals surface area contributed by atoms with Gasteiger partial charge >= 0.3 is 0 Å². The molecule has 0 fully saturated rings. The third-order valence-corrected chi connectivity index (χ3v) is 3.43. The first-order valence-corrected chi connectivity index (χ1v) is 7.33. The van der Waals surface area contributed by atoms with E-state index in [1.807, 2.05) is 13.8 Å². The maximum Gasteiger partial charge on any atom is 0.298 e. The second-order valence-electron chi connectivity index (χ2n) is 4.90. The molecule has 22 heavy (non-hydrogen) atoms. The van der Waals surface area contributed by atoms with E-state index >= 15 is 0 Å². The lowest BCUT2D eigenvalue weighted by molar-refractivity contribution is -0.120. The quantitative estimate of drug-likeness (QED) is 0.482. The van der Waals surface area contributed by atoms with Crippen molar-refractivity contribution in [2.24, 2.45) is 0 Å². The van der Waals surface area contributed by atoms with Crippen molar-refractivity contribution >= 4 is 23.1 Å². The van der Waals surface area contributed by atoms with Gasteiger partial charge in [0.2, 0.25) is 5.75 Å². The Labute approximate surface area is 128 Å². The number of anilines is 1. The molecule has 0 atom stereocenters. The first kappa shape index (κ1) is 15.9. The molecule has 1 aromatic heterocycles. The standard InChI is InChI=1S/C16H20N2O4/c1-3-5-8-21-14-12-7-6-11(17)9-13(12)18(4-2)16(20)15(14)22-10-19/h6-7,9-10H,3-5,8,17H2,1-2H3. The molecule has 6 heteroatoms. The predicted molar refractivity (Wildman–Crippen MR) is 85.4 cm³/mol. The zero-order chi connectivity index (χ0) is 16.1. The van der Waals surface area contributed by atoms with Crippen LogP contribution in [0.2, 0.25) is 0 Å². The van der Waals surface area contributed by atoms with Crippen molar-refractivity contribution in [3.05, 3.63) is 28.6 Å². The lowest BCUT2D eigenvalue weighted by atomic mass is 10.1. The molecule has 6 nitrogen and oxygen atoms in total. The summed E-state index contributed by atoms with van der Waals surface area (Å²) < 4.78 is 12.1. The molecule has 0 bridgehead atoms. The van der Waals surface area contributed by atoms with Gasteiger partial charge in [-0.3, -0.25) is 9.59 Å². The van der Waals surface area contributed by atoms with Crippen LogP contribution in [0.1, 0.15) is 26.7 Å². The van der Waals surface area contributed by atoms with Gasteiger partial charge in [0.15, 0.2) is 5.75 Å². The molecule has 0 unspecified atom stereocenters. The predicted octanol–water partition coefficient (Wildman–Crippen LogP) is 2.32. The lowest BCUT2D eigenvalue weighted by Crippen LogP contribution is -2.23. The zero-order valence-corrected chi connectivity index (χ0v) is 12.8. The number of aryl methyl sites for hydroxylation is 1. The monoisotopic (exact) mass is 304 g/mol. The molecule has 0 saturated heterocycles. The summed E-state index contributed by atoms with van der Waals surface area (Å²) in [5.74, 6) is 0.218. The van der Waals surface area contributed by atoms with E-state index in [1.54, 1.807) is 18.2 Å². The SMILES string of the molecule is CCCCOc1c(OC=O)c(=O)n(CC)c2cc(N)ccc12. The molecule has 0 aliphatic carbocycles. The molecule has 2 aromatic rings. The van der Waals surface area contributed by atoms with Crippen LogP contribution in [0.25, 0.3) is 10.9 Å². The molecule has 118 valence electrons. The van der Waals surface area contributed by atoms with Crippen molar-refractivity contribution < 1.29 is 14.3 Å². The molecular weight excluding hydrogens is 284 g/mol. The van der Waals surface area contributed by atoms with Crippen LogP contribution in [-0.2, 0) is 11.3 Å². The van der Waals surface area contributed by atoms with E-state index in [4.69, 9.17) is 15.2 Å². The van der Waals surface area contributed by atoms with Gasteiger partial charge in [0.05, 0.1) is 12.1 Å². The molecule has 0 saturated carbocycles. The highest BCUT2D eigenvalue weighted by Gasteiger charge is 2.19. The van der Waals surface area contributed by atoms with E-state index in [-0.39, 0.29) is 12.2 Å². The van der Waals surface area contributed by atoms with Gasteiger partial charge in [0, 0.05) is 17.6 Å².